The molecule has 0 saturated carbocycles. The molecule has 0 aliphatic rings. The first-order valence-corrected chi connectivity index (χ1v) is 29.1. The van der Waals surface area contributed by atoms with Gasteiger partial charge in [-0.05, 0) is 156 Å². The fourth-order valence-corrected chi connectivity index (χ4v) is 13.7. The molecule has 17 aromatic rings. The molecule has 0 N–H and O–H groups in total. The van der Waals surface area contributed by atoms with Gasteiger partial charge in [-0.3, -0.25) is 0 Å². The van der Waals surface area contributed by atoms with Crippen molar-refractivity contribution in [3.05, 3.63) is 264 Å². The Morgan fingerprint density at radius 1 is 0.271 bits per heavy atom. The lowest BCUT2D eigenvalue weighted by atomic mass is 9.99. The maximum atomic E-state index is 7.09. The van der Waals surface area contributed by atoms with Crippen LogP contribution in [0.1, 0.15) is 27.8 Å². The third kappa shape index (κ3) is 7.44. The molecular weight excluding hydrogens is 1040 g/mol. The minimum absolute atomic E-state index is 0.826. The normalized spacial score (nSPS) is 12.1. The van der Waals surface area contributed by atoms with Crippen molar-refractivity contribution in [1.82, 2.24) is 0 Å². The quantitative estimate of drug-likeness (QED) is 0.151. The number of hydrogen-bond acceptors (Lipinski definition) is 6. The third-order valence-corrected chi connectivity index (χ3v) is 17.8. The van der Waals surface area contributed by atoms with Crippen LogP contribution in [0.3, 0.4) is 0 Å². The van der Waals surface area contributed by atoms with Crippen LogP contribution in [0.5, 0.6) is 0 Å². The molecule has 0 unspecified atom stereocenters. The maximum absolute atomic E-state index is 7.09. The van der Waals surface area contributed by atoms with Gasteiger partial charge in [0.15, 0.2) is 11.2 Å². The Balaban J connectivity index is 0.783. The SMILES string of the molecule is Cc1ccccc1N(c1ccc2cc3c(cc2c1)oc1c(C)c2c(cc13)oc1cc3cc(N(c4ccccc4C)c4c(C)ccc5c4oc4c(-c6ccccc6)cccc45)ccc3cc12)c1c(C)ccc2c1oc1c(-c3ccccc3)cccc12. The molecule has 0 aliphatic carbocycles. The summed E-state index contributed by atoms with van der Waals surface area (Å²) >= 11 is 0. The molecule has 404 valence electrons. The van der Waals surface area contributed by atoms with Gasteiger partial charge in [-0.1, -0.05) is 170 Å². The number of benzene rings is 13. The zero-order valence-corrected chi connectivity index (χ0v) is 47.5. The Hall–Kier alpha value is -10.8. The first-order chi connectivity index (χ1) is 41.7. The third-order valence-electron chi connectivity index (χ3n) is 17.8. The number of para-hydroxylation sites is 4. The van der Waals surface area contributed by atoms with Crippen LogP contribution in [0.4, 0.5) is 34.1 Å². The number of hydrogen-bond donors (Lipinski definition) is 0. The first-order valence-electron chi connectivity index (χ1n) is 29.1. The van der Waals surface area contributed by atoms with E-state index in [0.717, 1.165) is 193 Å². The minimum atomic E-state index is 0.826. The maximum Gasteiger partial charge on any atom is 0.159 e. The van der Waals surface area contributed by atoms with E-state index in [2.05, 4.69) is 281 Å². The molecule has 0 radical (unpaired) electrons. The molecule has 13 aromatic carbocycles. The Bertz CT molecular complexity index is 5390. The van der Waals surface area contributed by atoms with Crippen molar-refractivity contribution >= 4 is 143 Å². The van der Waals surface area contributed by atoms with Crippen LogP contribution in [0.25, 0.3) is 132 Å². The molecule has 0 atom stereocenters. The molecule has 17 rings (SSSR count). The van der Waals surface area contributed by atoms with Crippen LogP contribution >= 0.6 is 0 Å². The van der Waals surface area contributed by atoms with Gasteiger partial charge < -0.3 is 27.5 Å². The van der Waals surface area contributed by atoms with Crippen molar-refractivity contribution in [1.29, 1.82) is 0 Å². The summed E-state index contributed by atoms with van der Waals surface area (Å²) < 4.78 is 28.1. The zero-order valence-electron chi connectivity index (χ0n) is 47.5. The van der Waals surface area contributed by atoms with Crippen molar-refractivity contribution in [2.45, 2.75) is 34.6 Å². The van der Waals surface area contributed by atoms with E-state index in [-0.39, 0.29) is 0 Å². The minimum Gasteiger partial charge on any atom is -0.456 e. The molecule has 6 heteroatoms. The molecule has 0 fully saturated rings. The summed E-state index contributed by atoms with van der Waals surface area (Å²) in [6, 6.07) is 84.6. The molecular formula is C79H54N2O4. The smallest absolute Gasteiger partial charge is 0.159 e. The van der Waals surface area contributed by atoms with E-state index in [1.165, 1.54) is 0 Å². The van der Waals surface area contributed by atoms with E-state index < -0.39 is 0 Å². The van der Waals surface area contributed by atoms with Crippen molar-refractivity contribution in [3.63, 3.8) is 0 Å². The van der Waals surface area contributed by atoms with E-state index >= 15 is 0 Å². The number of furan rings is 4. The lowest BCUT2D eigenvalue weighted by Crippen LogP contribution is -2.13. The van der Waals surface area contributed by atoms with Gasteiger partial charge in [-0.15, -0.1) is 0 Å². The average Bonchev–Trinajstić information content (AvgIpc) is 1.85. The fourth-order valence-electron chi connectivity index (χ4n) is 13.7. The standard InChI is InChI=1S/C79H54N2O4/c1-45-18-12-14-28-67(45)80(73-47(3)30-36-62-60-26-16-24-58(76(60)84-78(62)73)50-20-8-6-9-21-50)56-34-32-52-40-64-65-44-71-72(49(5)75(65)83-69(64)42-54(52)38-56)66-41-53-33-35-57(39-55(53)43-70(66)82-71)81(68-29-15-13-19-46(68)2)74-48(4)31-37-63-61-27-17-25-59(77(61)85-79(63)74)51-22-10-7-11-23-51/h6-44H,1-5H3. The second kappa shape index (κ2) is 18.6. The van der Waals surface area contributed by atoms with Gasteiger partial charge in [0.1, 0.15) is 33.5 Å². The first kappa shape index (κ1) is 48.8. The Labute approximate surface area is 489 Å². The number of nitrogens with zero attached hydrogens (tertiary/aromatic N) is 2. The van der Waals surface area contributed by atoms with E-state index in [1.807, 2.05) is 0 Å². The number of aryl methyl sites for hydroxylation is 5. The van der Waals surface area contributed by atoms with E-state index in [1.54, 1.807) is 0 Å². The van der Waals surface area contributed by atoms with E-state index in [0.29, 0.717) is 0 Å². The van der Waals surface area contributed by atoms with E-state index in [9.17, 15) is 0 Å². The van der Waals surface area contributed by atoms with Gasteiger partial charge in [0.2, 0.25) is 0 Å². The molecule has 0 spiro atoms. The van der Waals surface area contributed by atoms with Crippen LogP contribution in [-0.2, 0) is 0 Å². The predicted octanol–water partition coefficient (Wildman–Crippen LogP) is 23.4. The summed E-state index contributed by atoms with van der Waals surface area (Å²) in [7, 11) is 0. The summed E-state index contributed by atoms with van der Waals surface area (Å²) in [5.74, 6) is 0. The molecule has 6 nitrogen and oxygen atoms in total. The van der Waals surface area contributed by atoms with Crippen LogP contribution < -0.4 is 9.80 Å². The van der Waals surface area contributed by atoms with E-state index in [4.69, 9.17) is 17.7 Å². The topological polar surface area (TPSA) is 59.0 Å². The molecule has 0 bridgehead atoms. The number of anilines is 6. The van der Waals surface area contributed by atoms with Crippen molar-refractivity contribution in [2.24, 2.45) is 0 Å². The summed E-state index contributed by atoms with van der Waals surface area (Å²) in [6.45, 7) is 10.9. The predicted molar refractivity (Wildman–Crippen MR) is 354 cm³/mol. The van der Waals surface area contributed by atoms with Gasteiger partial charge in [-0.2, -0.15) is 0 Å². The largest absolute Gasteiger partial charge is 0.456 e. The molecule has 85 heavy (non-hydrogen) atoms. The zero-order chi connectivity index (χ0) is 56.8. The van der Waals surface area contributed by atoms with Crippen LogP contribution in [0.2, 0.25) is 0 Å². The summed E-state index contributed by atoms with van der Waals surface area (Å²) in [5, 5.41) is 12.9. The summed E-state index contributed by atoms with van der Waals surface area (Å²) in [6.07, 6.45) is 0. The molecule has 0 saturated heterocycles. The van der Waals surface area contributed by atoms with Gasteiger partial charge in [0.25, 0.3) is 0 Å². The number of rotatable bonds is 8. The van der Waals surface area contributed by atoms with Crippen molar-refractivity contribution in [3.8, 4) is 22.3 Å². The van der Waals surface area contributed by atoms with Crippen LogP contribution in [-0.4, -0.2) is 0 Å². The van der Waals surface area contributed by atoms with Gasteiger partial charge >= 0.3 is 0 Å². The molecule has 0 aliphatic heterocycles. The fraction of sp³-hybridized carbons (Fsp3) is 0.0633. The monoisotopic (exact) mass is 1090 g/mol. The summed E-state index contributed by atoms with van der Waals surface area (Å²) in [5.41, 5.74) is 23.0. The highest BCUT2D eigenvalue weighted by Gasteiger charge is 2.27. The second-order valence-corrected chi connectivity index (χ2v) is 23.0. The lowest BCUT2D eigenvalue weighted by Gasteiger charge is -2.28. The Morgan fingerprint density at radius 2 is 0.741 bits per heavy atom. The average molecular weight is 1100 g/mol. The molecule has 4 aromatic heterocycles. The Kier molecular flexibility index (Phi) is 10.7. The second-order valence-electron chi connectivity index (χ2n) is 23.0. The van der Waals surface area contributed by atoms with Crippen LogP contribution in [0.15, 0.2) is 254 Å². The van der Waals surface area contributed by atoms with Crippen molar-refractivity contribution in [2.75, 3.05) is 9.80 Å². The van der Waals surface area contributed by atoms with Crippen LogP contribution in [0, 0.1) is 34.6 Å². The lowest BCUT2D eigenvalue weighted by molar-refractivity contribution is 0.662. The van der Waals surface area contributed by atoms with Crippen molar-refractivity contribution < 1.29 is 17.7 Å². The van der Waals surface area contributed by atoms with Gasteiger partial charge in [-0.25, -0.2) is 0 Å². The summed E-state index contributed by atoms with van der Waals surface area (Å²) in [4.78, 5) is 4.75. The van der Waals surface area contributed by atoms with Gasteiger partial charge in [0.05, 0.1) is 11.4 Å². The Morgan fingerprint density at radius 3 is 1.26 bits per heavy atom. The van der Waals surface area contributed by atoms with Gasteiger partial charge in [0, 0.05) is 82.5 Å². The highest BCUT2D eigenvalue weighted by atomic mass is 16.3. The highest BCUT2D eigenvalue weighted by molar-refractivity contribution is 6.21. The number of fused-ring (bicyclic) bond motifs is 14. The molecule has 4 heterocycles. The highest BCUT2D eigenvalue weighted by Crippen LogP contribution is 2.50. The molecule has 0 amide bonds.